The lowest BCUT2D eigenvalue weighted by Gasteiger charge is -2.09. The minimum Gasteiger partial charge on any atom is -0.493 e. The highest BCUT2D eigenvalue weighted by Crippen LogP contribution is 2.34. The SMILES string of the molecule is COc1ccc(-c2nc3scc(-c4ccc(Cl)cc4)c3c(=O)[nH]2)cc1OC. The largest absolute Gasteiger partial charge is 0.493 e. The topological polar surface area (TPSA) is 64.2 Å². The molecule has 2 aromatic heterocycles. The number of ether oxygens (including phenoxy) is 2. The van der Waals surface area contributed by atoms with E-state index in [4.69, 9.17) is 21.1 Å². The fraction of sp³-hybridized carbons (Fsp3) is 0.100. The molecule has 7 heteroatoms. The third-order valence-corrected chi connectivity index (χ3v) is 5.38. The zero-order valence-electron chi connectivity index (χ0n) is 14.6. The number of halogens is 1. The average molecular weight is 399 g/mol. The molecule has 0 saturated heterocycles. The van der Waals surface area contributed by atoms with Crippen molar-refractivity contribution in [3.05, 3.63) is 63.2 Å². The van der Waals surface area contributed by atoms with Crippen LogP contribution in [0.5, 0.6) is 11.5 Å². The van der Waals surface area contributed by atoms with Gasteiger partial charge in [0.1, 0.15) is 10.7 Å². The molecule has 0 fully saturated rings. The lowest BCUT2D eigenvalue weighted by atomic mass is 10.1. The third kappa shape index (κ3) is 3.18. The molecular weight excluding hydrogens is 384 g/mol. The van der Waals surface area contributed by atoms with Crippen LogP contribution in [0, 0.1) is 0 Å². The predicted octanol–water partition coefficient (Wildman–Crippen LogP) is 4.99. The van der Waals surface area contributed by atoms with Gasteiger partial charge in [-0.3, -0.25) is 4.79 Å². The van der Waals surface area contributed by atoms with Gasteiger partial charge in [0, 0.05) is 21.5 Å². The van der Waals surface area contributed by atoms with Crippen LogP contribution in [0.3, 0.4) is 0 Å². The summed E-state index contributed by atoms with van der Waals surface area (Å²) in [5.74, 6) is 1.68. The molecule has 0 atom stereocenters. The van der Waals surface area contributed by atoms with Crippen LogP contribution in [0.2, 0.25) is 5.02 Å². The fourth-order valence-corrected chi connectivity index (χ4v) is 3.98. The van der Waals surface area contributed by atoms with Crippen molar-refractivity contribution in [1.82, 2.24) is 9.97 Å². The Morgan fingerprint density at radius 3 is 2.41 bits per heavy atom. The van der Waals surface area contributed by atoms with Gasteiger partial charge in [0.25, 0.3) is 5.56 Å². The maximum absolute atomic E-state index is 12.8. The van der Waals surface area contributed by atoms with E-state index in [2.05, 4.69) is 9.97 Å². The molecule has 136 valence electrons. The number of nitrogens with one attached hydrogen (secondary N) is 1. The van der Waals surface area contributed by atoms with E-state index in [9.17, 15) is 4.79 Å². The number of hydrogen-bond donors (Lipinski definition) is 1. The van der Waals surface area contributed by atoms with Gasteiger partial charge in [0.05, 0.1) is 19.6 Å². The molecule has 0 unspecified atom stereocenters. The van der Waals surface area contributed by atoms with E-state index in [1.54, 1.807) is 38.5 Å². The summed E-state index contributed by atoms with van der Waals surface area (Å²) < 4.78 is 10.6. The number of methoxy groups -OCH3 is 2. The van der Waals surface area contributed by atoms with Crippen LogP contribution in [0.4, 0.5) is 0 Å². The van der Waals surface area contributed by atoms with Crippen LogP contribution in [0.1, 0.15) is 0 Å². The third-order valence-electron chi connectivity index (χ3n) is 4.26. The molecule has 0 aliphatic heterocycles. The fourth-order valence-electron chi connectivity index (χ4n) is 2.91. The number of fused-ring (bicyclic) bond motifs is 1. The highest BCUT2D eigenvalue weighted by atomic mass is 35.5. The van der Waals surface area contributed by atoms with Gasteiger partial charge in [-0.1, -0.05) is 23.7 Å². The second-order valence-electron chi connectivity index (χ2n) is 5.82. The molecule has 5 nitrogen and oxygen atoms in total. The lowest BCUT2D eigenvalue weighted by molar-refractivity contribution is 0.355. The normalized spacial score (nSPS) is 10.9. The van der Waals surface area contributed by atoms with Crippen LogP contribution < -0.4 is 15.0 Å². The summed E-state index contributed by atoms with van der Waals surface area (Å²) in [6, 6.07) is 12.8. The minimum atomic E-state index is -0.184. The van der Waals surface area contributed by atoms with Crippen molar-refractivity contribution < 1.29 is 9.47 Å². The molecule has 27 heavy (non-hydrogen) atoms. The van der Waals surface area contributed by atoms with Gasteiger partial charge in [-0.15, -0.1) is 11.3 Å². The van der Waals surface area contributed by atoms with E-state index in [0.29, 0.717) is 32.6 Å². The molecule has 0 amide bonds. The number of aromatic nitrogens is 2. The Kier molecular flexibility index (Phi) is 4.59. The first-order valence-corrected chi connectivity index (χ1v) is 9.36. The lowest BCUT2D eigenvalue weighted by Crippen LogP contribution is -2.09. The maximum Gasteiger partial charge on any atom is 0.260 e. The molecule has 0 bridgehead atoms. The van der Waals surface area contributed by atoms with Gasteiger partial charge < -0.3 is 14.5 Å². The number of nitrogens with zero attached hydrogens (tertiary/aromatic N) is 1. The summed E-state index contributed by atoms with van der Waals surface area (Å²) in [6.07, 6.45) is 0. The van der Waals surface area contributed by atoms with Crippen molar-refractivity contribution >= 4 is 33.2 Å². The summed E-state index contributed by atoms with van der Waals surface area (Å²) in [5, 5.41) is 3.17. The van der Waals surface area contributed by atoms with Crippen LogP contribution in [0.25, 0.3) is 32.7 Å². The Labute approximate surface area is 164 Å². The Bertz CT molecular complexity index is 1180. The second-order valence-corrected chi connectivity index (χ2v) is 7.12. The number of aromatic amines is 1. The van der Waals surface area contributed by atoms with Crippen molar-refractivity contribution in [1.29, 1.82) is 0 Å². The van der Waals surface area contributed by atoms with Crippen molar-refractivity contribution in [3.63, 3.8) is 0 Å². The van der Waals surface area contributed by atoms with Crippen LogP contribution in [0.15, 0.2) is 52.6 Å². The molecule has 4 aromatic rings. The predicted molar refractivity (Wildman–Crippen MR) is 109 cm³/mol. The molecule has 0 aliphatic rings. The highest BCUT2D eigenvalue weighted by Gasteiger charge is 2.15. The molecule has 4 rings (SSSR count). The van der Waals surface area contributed by atoms with E-state index in [0.717, 1.165) is 16.7 Å². The molecular formula is C20H15ClN2O3S. The van der Waals surface area contributed by atoms with Gasteiger partial charge in [-0.25, -0.2) is 4.98 Å². The Morgan fingerprint density at radius 1 is 1.00 bits per heavy atom. The van der Waals surface area contributed by atoms with Crippen LogP contribution in [-0.2, 0) is 0 Å². The molecule has 0 aliphatic carbocycles. The maximum atomic E-state index is 12.8. The van der Waals surface area contributed by atoms with Gasteiger partial charge in [0.15, 0.2) is 11.5 Å². The Balaban J connectivity index is 1.84. The number of hydrogen-bond acceptors (Lipinski definition) is 5. The summed E-state index contributed by atoms with van der Waals surface area (Å²) in [7, 11) is 3.15. The average Bonchev–Trinajstić information content (AvgIpc) is 3.12. The first kappa shape index (κ1) is 17.6. The van der Waals surface area contributed by atoms with Crippen LogP contribution >= 0.6 is 22.9 Å². The van der Waals surface area contributed by atoms with E-state index >= 15 is 0 Å². The van der Waals surface area contributed by atoms with Crippen molar-refractivity contribution in [2.24, 2.45) is 0 Å². The van der Waals surface area contributed by atoms with Crippen LogP contribution in [-0.4, -0.2) is 24.2 Å². The standard InChI is InChI=1S/C20H15ClN2O3S/c1-25-15-8-5-12(9-16(15)26-2)18-22-19(24)17-14(10-27-20(17)23-18)11-3-6-13(21)7-4-11/h3-10H,1-2H3,(H,22,23,24). The number of benzene rings is 2. The summed E-state index contributed by atoms with van der Waals surface area (Å²) in [5.41, 5.74) is 2.33. The van der Waals surface area contributed by atoms with E-state index in [1.165, 1.54) is 11.3 Å². The van der Waals surface area contributed by atoms with Gasteiger partial charge in [-0.05, 0) is 35.9 Å². The van der Waals surface area contributed by atoms with E-state index in [-0.39, 0.29) is 5.56 Å². The zero-order valence-corrected chi connectivity index (χ0v) is 16.1. The van der Waals surface area contributed by atoms with Gasteiger partial charge in [-0.2, -0.15) is 0 Å². The first-order valence-electron chi connectivity index (χ1n) is 8.10. The Hall–Kier alpha value is -2.83. The molecule has 0 spiro atoms. The van der Waals surface area contributed by atoms with E-state index in [1.807, 2.05) is 23.6 Å². The Morgan fingerprint density at radius 2 is 1.70 bits per heavy atom. The summed E-state index contributed by atoms with van der Waals surface area (Å²) >= 11 is 7.39. The van der Waals surface area contributed by atoms with Gasteiger partial charge in [0.2, 0.25) is 0 Å². The van der Waals surface area contributed by atoms with Crippen molar-refractivity contribution in [2.45, 2.75) is 0 Å². The highest BCUT2D eigenvalue weighted by molar-refractivity contribution is 7.17. The van der Waals surface area contributed by atoms with E-state index < -0.39 is 0 Å². The molecule has 0 saturated carbocycles. The van der Waals surface area contributed by atoms with Crippen molar-refractivity contribution in [3.8, 4) is 34.0 Å². The zero-order chi connectivity index (χ0) is 19.0. The molecule has 2 aromatic carbocycles. The monoisotopic (exact) mass is 398 g/mol. The quantitative estimate of drug-likeness (QED) is 0.526. The summed E-state index contributed by atoms with van der Waals surface area (Å²) in [4.78, 5) is 21.0. The number of thiophene rings is 1. The molecule has 2 heterocycles. The minimum absolute atomic E-state index is 0.184. The second kappa shape index (κ2) is 7.06. The molecule has 0 radical (unpaired) electrons. The van der Waals surface area contributed by atoms with Gasteiger partial charge >= 0.3 is 0 Å². The summed E-state index contributed by atoms with van der Waals surface area (Å²) in [6.45, 7) is 0. The number of rotatable bonds is 4. The number of H-pyrrole nitrogens is 1. The smallest absolute Gasteiger partial charge is 0.260 e. The van der Waals surface area contributed by atoms with Crippen molar-refractivity contribution in [2.75, 3.05) is 14.2 Å². The molecule has 1 N–H and O–H groups in total. The first-order chi connectivity index (χ1) is 13.1.